The quantitative estimate of drug-likeness (QED) is 0.319. The number of pyridine rings is 1. The molecule has 4 N–H and O–H groups in total. The van der Waals surface area contributed by atoms with Gasteiger partial charge in [-0.25, -0.2) is 15.8 Å². The molecule has 0 atom stereocenters. The van der Waals surface area contributed by atoms with Crippen molar-refractivity contribution in [2.24, 2.45) is 5.84 Å². The number of rotatable bonds is 6. The lowest BCUT2D eigenvalue weighted by Gasteiger charge is -2.08. The molecule has 19 heavy (non-hydrogen) atoms. The highest BCUT2D eigenvalue weighted by Crippen LogP contribution is 2.16. The number of aromatic nitrogens is 3. The molecule has 0 saturated carbocycles. The van der Waals surface area contributed by atoms with Crippen LogP contribution in [0, 0.1) is 0 Å². The zero-order chi connectivity index (χ0) is 13.5. The molecule has 0 amide bonds. The first kappa shape index (κ1) is 13.6. The van der Waals surface area contributed by atoms with Crippen LogP contribution in [0.15, 0.2) is 35.6 Å². The number of nitrogen functional groups attached to an aromatic ring is 1. The number of hydrogen-bond donors (Lipinski definition) is 3. The molecule has 0 bridgehead atoms. The number of nitrogens with one attached hydrogen (secondary N) is 2. The van der Waals surface area contributed by atoms with E-state index in [-0.39, 0.29) is 0 Å². The highest BCUT2D eigenvalue weighted by atomic mass is 32.2. The van der Waals surface area contributed by atoms with Gasteiger partial charge >= 0.3 is 0 Å². The van der Waals surface area contributed by atoms with Gasteiger partial charge in [0, 0.05) is 30.9 Å². The van der Waals surface area contributed by atoms with Crippen molar-refractivity contribution in [3.8, 4) is 0 Å². The molecule has 2 aromatic rings. The first-order chi connectivity index (χ1) is 9.31. The predicted octanol–water partition coefficient (Wildman–Crippen LogP) is 1.53. The summed E-state index contributed by atoms with van der Waals surface area (Å²) in [4.78, 5) is 12.8. The second-order valence-corrected chi connectivity index (χ2v) is 4.54. The van der Waals surface area contributed by atoms with Gasteiger partial charge in [-0.1, -0.05) is 17.8 Å². The summed E-state index contributed by atoms with van der Waals surface area (Å²) in [6.07, 6.45) is 4.56. The number of hydrogen-bond acceptors (Lipinski definition) is 7. The molecule has 0 fully saturated rings. The van der Waals surface area contributed by atoms with E-state index in [0.29, 0.717) is 11.0 Å². The van der Waals surface area contributed by atoms with Gasteiger partial charge in [0.15, 0.2) is 5.16 Å². The van der Waals surface area contributed by atoms with Crippen LogP contribution in [0.25, 0.3) is 0 Å². The molecule has 0 aliphatic carbocycles. The maximum atomic E-state index is 5.37. The third-order valence-corrected chi connectivity index (χ3v) is 3.00. The minimum atomic E-state index is 0.597. The predicted molar refractivity (Wildman–Crippen MR) is 78.1 cm³/mol. The van der Waals surface area contributed by atoms with Crippen LogP contribution in [-0.4, -0.2) is 27.8 Å². The Morgan fingerprint density at radius 2 is 2.11 bits per heavy atom. The average Bonchev–Trinajstić information content (AvgIpc) is 2.48. The number of thioether (sulfide) groups is 1. The fraction of sp³-hybridized carbons (Fsp3) is 0.250. The molecule has 6 nitrogen and oxygen atoms in total. The Morgan fingerprint density at radius 1 is 1.26 bits per heavy atom. The summed E-state index contributed by atoms with van der Waals surface area (Å²) in [5.74, 6) is 6.72. The average molecular weight is 276 g/mol. The molecule has 0 aromatic carbocycles. The van der Waals surface area contributed by atoms with Gasteiger partial charge < -0.3 is 10.7 Å². The van der Waals surface area contributed by atoms with Crippen LogP contribution in [0.1, 0.15) is 5.69 Å². The number of anilines is 2. The summed E-state index contributed by atoms with van der Waals surface area (Å²) in [5.41, 5.74) is 3.58. The fourth-order valence-electron chi connectivity index (χ4n) is 1.55. The lowest BCUT2D eigenvalue weighted by Crippen LogP contribution is -2.12. The zero-order valence-electron chi connectivity index (χ0n) is 10.6. The standard InChI is InChI=1S/C12H16N6S/c1-19-12-16-10(8-11(17-12)18-13)15-7-5-9-4-2-3-6-14-9/h2-4,6,8H,5,7,13H2,1H3,(H2,15,16,17,18). The highest BCUT2D eigenvalue weighted by Gasteiger charge is 2.03. The van der Waals surface area contributed by atoms with Crippen molar-refractivity contribution in [3.05, 3.63) is 36.2 Å². The smallest absolute Gasteiger partial charge is 0.191 e. The van der Waals surface area contributed by atoms with E-state index in [9.17, 15) is 0 Å². The van der Waals surface area contributed by atoms with Crippen LogP contribution < -0.4 is 16.6 Å². The molecule has 2 aromatic heterocycles. The summed E-state index contributed by atoms with van der Waals surface area (Å²) in [5, 5.41) is 3.92. The Kier molecular flexibility index (Phi) is 4.93. The number of nitrogens with two attached hydrogens (primary N) is 1. The second-order valence-electron chi connectivity index (χ2n) is 3.77. The van der Waals surface area contributed by atoms with Crippen LogP contribution in [0.2, 0.25) is 0 Å². The van der Waals surface area contributed by atoms with Gasteiger partial charge in [0.1, 0.15) is 11.6 Å². The molecule has 0 aliphatic heterocycles. The van der Waals surface area contributed by atoms with Gasteiger partial charge in [-0.15, -0.1) is 0 Å². The van der Waals surface area contributed by atoms with Gasteiger partial charge in [-0.05, 0) is 18.4 Å². The largest absolute Gasteiger partial charge is 0.369 e. The van der Waals surface area contributed by atoms with E-state index in [0.717, 1.165) is 24.5 Å². The van der Waals surface area contributed by atoms with E-state index < -0.39 is 0 Å². The maximum absolute atomic E-state index is 5.37. The van der Waals surface area contributed by atoms with Gasteiger partial charge in [0.2, 0.25) is 0 Å². The van der Waals surface area contributed by atoms with Crippen molar-refractivity contribution in [3.63, 3.8) is 0 Å². The van der Waals surface area contributed by atoms with E-state index in [1.807, 2.05) is 24.5 Å². The first-order valence-electron chi connectivity index (χ1n) is 5.85. The Hall–Kier alpha value is -1.86. The summed E-state index contributed by atoms with van der Waals surface area (Å²) >= 11 is 1.47. The van der Waals surface area contributed by atoms with Crippen LogP contribution in [0.4, 0.5) is 11.6 Å². The number of nitrogens with zero attached hydrogens (tertiary/aromatic N) is 3. The van der Waals surface area contributed by atoms with E-state index in [1.54, 1.807) is 12.3 Å². The lowest BCUT2D eigenvalue weighted by atomic mass is 10.3. The van der Waals surface area contributed by atoms with Crippen molar-refractivity contribution >= 4 is 23.4 Å². The molecule has 100 valence electrons. The molecule has 2 heterocycles. The van der Waals surface area contributed by atoms with Crippen molar-refractivity contribution in [2.75, 3.05) is 23.5 Å². The number of hydrazine groups is 1. The monoisotopic (exact) mass is 276 g/mol. The molecule has 2 rings (SSSR count). The van der Waals surface area contributed by atoms with Crippen LogP contribution >= 0.6 is 11.8 Å². The third kappa shape index (κ3) is 4.08. The van der Waals surface area contributed by atoms with Crippen molar-refractivity contribution in [1.29, 1.82) is 0 Å². The van der Waals surface area contributed by atoms with E-state index in [4.69, 9.17) is 5.84 Å². The molecule has 7 heteroatoms. The van der Waals surface area contributed by atoms with Crippen molar-refractivity contribution in [2.45, 2.75) is 11.6 Å². The topological polar surface area (TPSA) is 88.8 Å². The van der Waals surface area contributed by atoms with Gasteiger partial charge in [-0.3, -0.25) is 4.98 Å². The van der Waals surface area contributed by atoms with E-state index in [1.165, 1.54) is 11.8 Å². The molecule has 0 radical (unpaired) electrons. The summed E-state index contributed by atoms with van der Waals surface area (Å²) in [6, 6.07) is 7.67. The fourth-order valence-corrected chi connectivity index (χ4v) is 1.92. The minimum absolute atomic E-state index is 0.597. The highest BCUT2D eigenvalue weighted by molar-refractivity contribution is 7.98. The van der Waals surface area contributed by atoms with E-state index in [2.05, 4.69) is 25.7 Å². The van der Waals surface area contributed by atoms with Crippen molar-refractivity contribution < 1.29 is 0 Å². The van der Waals surface area contributed by atoms with Gasteiger partial charge in [-0.2, -0.15) is 0 Å². The Morgan fingerprint density at radius 3 is 2.79 bits per heavy atom. The third-order valence-electron chi connectivity index (χ3n) is 2.45. The summed E-state index contributed by atoms with van der Waals surface area (Å²) in [6.45, 7) is 0.756. The first-order valence-corrected chi connectivity index (χ1v) is 7.08. The second kappa shape index (κ2) is 6.91. The Labute approximate surface area is 116 Å². The van der Waals surface area contributed by atoms with Gasteiger partial charge in [0.05, 0.1) is 0 Å². The molecule has 0 spiro atoms. The van der Waals surface area contributed by atoms with Crippen LogP contribution in [0.5, 0.6) is 0 Å². The summed E-state index contributed by atoms with van der Waals surface area (Å²) in [7, 11) is 0. The van der Waals surface area contributed by atoms with Gasteiger partial charge in [0.25, 0.3) is 0 Å². The Bertz CT molecular complexity index is 497. The molecule has 0 unspecified atom stereocenters. The summed E-state index contributed by atoms with van der Waals surface area (Å²) < 4.78 is 0. The molecule has 0 saturated heterocycles. The molecule has 0 aliphatic rings. The van der Waals surface area contributed by atoms with Crippen molar-refractivity contribution in [1.82, 2.24) is 15.0 Å². The van der Waals surface area contributed by atoms with Crippen LogP contribution in [-0.2, 0) is 6.42 Å². The zero-order valence-corrected chi connectivity index (χ0v) is 11.4. The lowest BCUT2D eigenvalue weighted by molar-refractivity contribution is 0.921. The van der Waals surface area contributed by atoms with Crippen LogP contribution in [0.3, 0.4) is 0 Å². The Balaban J connectivity index is 1.95. The SMILES string of the molecule is CSc1nc(NN)cc(NCCc2ccccn2)n1. The molecular weight excluding hydrogens is 260 g/mol. The maximum Gasteiger partial charge on any atom is 0.191 e. The minimum Gasteiger partial charge on any atom is -0.369 e. The normalized spacial score (nSPS) is 10.2. The molecular formula is C12H16N6S. The van der Waals surface area contributed by atoms with E-state index >= 15 is 0 Å².